The van der Waals surface area contributed by atoms with E-state index in [1.54, 1.807) is 11.8 Å². The number of thioether (sulfide) groups is 1. The number of nitrogens with zero attached hydrogens (tertiary/aromatic N) is 1. The first-order valence-corrected chi connectivity index (χ1v) is 6.59. The molecule has 0 atom stereocenters. The highest BCUT2D eigenvalue weighted by Crippen LogP contribution is 2.18. The summed E-state index contributed by atoms with van der Waals surface area (Å²) in [5.41, 5.74) is 5.11. The highest BCUT2D eigenvalue weighted by molar-refractivity contribution is 7.98. The number of benzene rings is 2. The van der Waals surface area contributed by atoms with E-state index < -0.39 is 0 Å². The van der Waals surface area contributed by atoms with Crippen LogP contribution in [0.25, 0.3) is 0 Å². The molecule has 17 heavy (non-hydrogen) atoms. The average Bonchev–Trinajstić information content (AvgIpc) is 2.40. The molecule has 0 aromatic heterocycles. The van der Waals surface area contributed by atoms with Gasteiger partial charge in [0.15, 0.2) is 0 Å². The van der Waals surface area contributed by atoms with Crippen LogP contribution in [-0.2, 0) is 0 Å². The summed E-state index contributed by atoms with van der Waals surface area (Å²) in [4.78, 5) is 1.23. The minimum absolute atomic E-state index is 1.00. The number of hydrazone groups is 1. The summed E-state index contributed by atoms with van der Waals surface area (Å²) in [5.74, 6) is 0. The highest BCUT2D eigenvalue weighted by atomic mass is 32.2. The zero-order valence-electron chi connectivity index (χ0n) is 9.63. The van der Waals surface area contributed by atoms with Gasteiger partial charge in [-0.1, -0.05) is 36.4 Å². The van der Waals surface area contributed by atoms with Crippen molar-refractivity contribution in [1.29, 1.82) is 0 Å². The van der Waals surface area contributed by atoms with E-state index in [1.165, 1.54) is 4.90 Å². The summed E-state index contributed by atoms with van der Waals surface area (Å²) in [6.45, 7) is 0. The number of hydrogen-bond donors (Lipinski definition) is 1. The SMILES string of the molecule is CSc1cccc(N/N=C/c2ccccc2)c1. The maximum atomic E-state index is 4.20. The lowest BCUT2D eigenvalue weighted by Gasteiger charge is -2.01. The summed E-state index contributed by atoms with van der Waals surface area (Å²) in [6.07, 6.45) is 3.87. The Labute approximate surface area is 106 Å². The zero-order chi connectivity index (χ0) is 11.9. The molecule has 0 radical (unpaired) electrons. The predicted octanol–water partition coefficient (Wildman–Crippen LogP) is 3.85. The van der Waals surface area contributed by atoms with E-state index >= 15 is 0 Å². The second-order valence-electron chi connectivity index (χ2n) is 3.51. The molecule has 0 unspecified atom stereocenters. The van der Waals surface area contributed by atoms with Crippen LogP contribution >= 0.6 is 11.8 Å². The maximum absolute atomic E-state index is 4.20. The Balaban J connectivity index is 2.00. The lowest BCUT2D eigenvalue weighted by atomic mass is 10.2. The fourth-order valence-electron chi connectivity index (χ4n) is 1.41. The lowest BCUT2D eigenvalue weighted by Crippen LogP contribution is -1.90. The smallest absolute Gasteiger partial charge is 0.0572 e. The van der Waals surface area contributed by atoms with Gasteiger partial charge in [-0.25, -0.2) is 0 Å². The normalized spacial score (nSPS) is 10.6. The van der Waals surface area contributed by atoms with Crippen LogP contribution in [0.5, 0.6) is 0 Å². The highest BCUT2D eigenvalue weighted by Gasteiger charge is 1.92. The molecule has 3 heteroatoms. The van der Waals surface area contributed by atoms with Crippen LogP contribution in [0.1, 0.15) is 5.56 Å². The van der Waals surface area contributed by atoms with E-state index in [2.05, 4.69) is 28.9 Å². The van der Waals surface area contributed by atoms with Crippen molar-refractivity contribution in [3.05, 3.63) is 60.2 Å². The maximum Gasteiger partial charge on any atom is 0.0572 e. The Morgan fingerprint density at radius 2 is 1.88 bits per heavy atom. The van der Waals surface area contributed by atoms with Crippen LogP contribution in [0.4, 0.5) is 5.69 Å². The second kappa shape index (κ2) is 6.11. The fraction of sp³-hybridized carbons (Fsp3) is 0.0714. The predicted molar refractivity (Wildman–Crippen MR) is 75.9 cm³/mol. The molecule has 0 aliphatic heterocycles. The number of anilines is 1. The third-order valence-corrected chi connectivity index (χ3v) is 3.00. The van der Waals surface area contributed by atoms with Gasteiger partial charge in [0.25, 0.3) is 0 Å². The number of hydrogen-bond acceptors (Lipinski definition) is 3. The van der Waals surface area contributed by atoms with Crippen LogP contribution in [0.2, 0.25) is 0 Å². The first-order valence-electron chi connectivity index (χ1n) is 5.36. The minimum Gasteiger partial charge on any atom is -0.278 e. The molecule has 0 aliphatic carbocycles. The van der Waals surface area contributed by atoms with Gasteiger partial charge >= 0.3 is 0 Å². The molecule has 2 nitrogen and oxygen atoms in total. The quantitative estimate of drug-likeness (QED) is 0.500. The molecule has 0 amide bonds. The topological polar surface area (TPSA) is 24.4 Å². The molecule has 0 heterocycles. The van der Waals surface area contributed by atoms with Crippen molar-refractivity contribution >= 4 is 23.7 Å². The van der Waals surface area contributed by atoms with Crippen LogP contribution in [0, 0.1) is 0 Å². The van der Waals surface area contributed by atoms with Gasteiger partial charge in [0.05, 0.1) is 11.9 Å². The number of nitrogens with one attached hydrogen (secondary N) is 1. The van der Waals surface area contributed by atoms with Gasteiger partial charge in [-0.2, -0.15) is 5.10 Å². The Bertz CT molecular complexity index is 495. The molecule has 0 fully saturated rings. The van der Waals surface area contributed by atoms with E-state index in [4.69, 9.17) is 0 Å². The van der Waals surface area contributed by atoms with Crippen LogP contribution < -0.4 is 5.43 Å². The summed E-state index contributed by atoms with van der Waals surface area (Å²) < 4.78 is 0. The molecule has 1 N–H and O–H groups in total. The van der Waals surface area contributed by atoms with Gasteiger partial charge in [0, 0.05) is 4.90 Å². The molecule has 2 aromatic carbocycles. The molecule has 2 aromatic rings. The fourth-order valence-corrected chi connectivity index (χ4v) is 1.87. The van der Waals surface area contributed by atoms with E-state index in [0.717, 1.165) is 11.3 Å². The first-order chi connectivity index (χ1) is 8.38. The van der Waals surface area contributed by atoms with Crippen LogP contribution in [-0.4, -0.2) is 12.5 Å². The Hall–Kier alpha value is -1.74. The van der Waals surface area contributed by atoms with Crippen LogP contribution in [0.3, 0.4) is 0 Å². The van der Waals surface area contributed by atoms with Crippen molar-refractivity contribution in [2.24, 2.45) is 5.10 Å². The third-order valence-electron chi connectivity index (χ3n) is 2.28. The van der Waals surface area contributed by atoms with E-state index in [9.17, 15) is 0 Å². The van der Waals surface area contributed by atoms with Gasteiger partial charge in [0.2, 0.25) is 0 Å². The van der Waals surface area contributed by atoms with Crippen molar-refractivity contribution in [3.8, 4) is 0 Å². The summed E-state index contributed by atoms with van der Waals surface area (Å²) >= 11 is 1.72. The van der Waals surface area contributed by atoms with Gasteiger partial charge < -0.3 is 0 Å². The van der Waals surface area contributed by atoms with Crippen molar-refractivity contribution in [2.45, 2.75) is 4.90 Å². The summed E-state index contributed by atoms with van der Waals surface area (Å²) in [7, 11) is 0. The van der Waals surface area contributed by atoms with Gasteiger partial charge in [0.1, 0.15) is 0 Å². The van der Waals surface area contributed by atoms with Crippen molar-refractivity contribution < 1.29 is 0 Å². The lowest BCUT2D eigenvalue weighted by molar-refractivity contribution is 1.32. The largest absolute Gasteiger partial charge is 0.278 e. The van der Waals surface area contributed by atoms with Gasteiger partial charge in [-0.3, -0.25) is 5.43 Å². The third kappa shape index (κ3) is 3.64. The molecule has 0 saturated carbocycles. The summed E-state index contributed by atoms with van der Waals surface area (Å²) in [5, 5.41) is 4.20. The zero-order valence-corrected chi connectivity index (χ0v) is 10.4. The second-order valence-corrected chi connectivity index (χ2v) is 4.39. The van der Waals surface area contributed by atoms with Crippen LogP contribution in [0.15, 0.2) is 64.6 Å². The average molecular weight is 242 g/mol. The Morgan fingerprint density at radius 3 is 2.65 bits per heavy atom. The Morgan fingerprint density at radius 1 is 1.06 bits per heavy atom. The Kier molecular flexibility index (Phi) is 4.22. The monoisotopic (exact) mass is 242 g/mol. The van der Waals surface area contributed by atoms with Gasteiger partial charge in [-0.05, 0) is 30.0 Å². The van der Waals surface area contributed by atoms with Gasteiger partial charge in [-0.15, -0.1) is 11.8 Å². The minimum atomic E-state index is 1.00. The summed E-state index contributed by atoms with van der Waals surface area (Å²) in [6, 6.07) is 18.2. The molecule has 0 saturated heterocycles. The van der Waals surface area contributed by atoms with Crippen molar-refractivity contribution in [1.82, 2.24) is 0 Å². The number of rotatable bonds is 4. The molecule has 86 valence electrons. The van der Waals surface area contributed by atoms with Crippen molar-refractivity contribution in [3.63, 3.8) is 0 Å². The van der Waals surface area contributed by atoms with E-state index in [-0.39, 0.29) is 0 Å². The van der Waals surface area contributed by atoms with Crippen molar-refractivity contribution in [2.75, 3.05) is 11.7 Å². The molecular formula is C14H14N2S. The van der Waals surface area contributed by atoms with E-state index in [0.29, 0.717) is 0 Å². The molecule has 0 spiro atoms. The van der Waals surface area contributed by atoms with E-state index in [1.807, 2.05) is 48.7 Å². The standard InChI is InChI=1S/C14H14N2S/c1-17-14-9-5-8-13(10-14)16-15-11-12-6-3-2-4-7-12/h2-11,16H,1H3/b15-11+. The first kappa shape index (κ1) is 11.7. The molecular weight excluding hydrogens is 228 g/mol. The molecule has 0 bridgehead atoms. The molecule has 2 rings (SSSR count). The molecule has 0 aliphatic rings.